The lowest BCUT2D eigenvalue weighted by Gasteiger charge is -2.37. The number of aliphatic carboxylic acids is 1. The van der Waals surface area contributed by atoms with Crippen LogP contribution in [0.1, 0.15) is 27.7 Å². The molecule has 0 spiro atoms. The van der Waals surface area contributed by atoms with Gasteiger partial charge in [0.1, 0.15) is 5.54 Å². The highest BCUT2D eigenvalue weighted by Crippen LogP contribution is 2.16. The molecule has 106 valence electrons. The number of ether oxygens (including phenoxy) is 1. The van der Waals surface area contributed by atoms with Crippen LogP contribution < -0.4 is 0 Å². The highest BCUT2D eigenvalue weighted by Gasteiger charge is 2.37. The lowest BCUT2D eigenvalue weighted by Crippen LogP contribution is -2.56. The van der Waals surface area contributed by atoms with Crippen molar-refractivity contribution in [1.82, 2.24) is 9.80 Å². The molecule has 0 aromatic rings. The zero-order valence-electron chi connectivity index (χ0n) is 12.1. The fourth-order valence-corrected chi connectivity index (χ4v) is 1.34. The first-order valence-corrected chi connectivity index (χ1v) is 5.93. The van der Waals surface area contributed by atoms with Crippen molar-refractivity contribution >= 4 is 12.0 Å². The number of rotatable bonds is 6. The van der Waals surface area contributed by atoms with E-state index < -0.39 is 11.5 Å². The number of amides is 2. The summed E-state index contributed by atoms with van der Waals surface area (Å²) in [7, 11) is 3.06. The second-order valence-electron chi connectivity index (χ2n) is 4.99. The monoisotopic (exact) mass is 260 g/mol. The Morgan fingerprint density at radius 3 is 2.17 bits per heavy atom. The zero-order valence-corrected chi connectivity index (χ0v) is 12.1. The molecule has 0 aromatic heterocycles. The van der Waals surface area contributed by atoms with Crippen molar-refractivity contribution in [3.8, 4) is 0 Å². The SMILES string of the molecule is COCCN(C(=O)N(C)C(C)(C)C(=O)O)C(C)C. The fourth-order valence-electron chi connectivity index (χ4n) is 1.34. The second-order valence-corrected chi connectivity index (χ2v) is 4.99. The smallest absolute Gasteiger partial charge is 0.329 e. The minimum absolute atomic E-state index is 0.0142. The van der Waals surface area contributed by atoms with Crippen molar-refractivity contribution in [2.45, 2.75) is 39.3 Å². The van der Waals surface area contributed by atoms with Crippen molar-refractivity contribution in [2.24, 2.45) is 0 Å². The van der Waals surface area contributed by atoms with Gasteiger partial charge in [-0.2, -0.15) is 0 Å². The summed E-state index contributed by atoms with van der Waals surface area (Å²) in [6.07, 6.45) is 0. The van der Waals surface area contributed by atoms with Gasteiger partial charge in [-0.05, 0) is 27.7 Å². The molecule has 0 bridgehead atoms. The molecule has 0 radical (unpaired) electrons. The predicted molar refractivity (Wildman–Crippen MR) is 68.6 cm³/mol. The number of carbonyl (C=O) groups excluding carboxylic acids is 1. The van der Waals surface area contributed by atoms with E-state index in [1.165, 1.54) is 25.8 Å². The van der Waals surface area contributed by atoms with Crippen molar-refractivity contribution in [3.05, 3.63) is 0 Å². The molecule has 0 aliphatic heterocycles. The van der Waals surface area contributed by atoms with Gasteiger partial charge in [0.05, 0.1) is 6.61 Å². The van der Waals surface area contributed by atoms with E-state index in [9.17, 15) is 9.59 Å². The minimum atomic E-state index is -1.24. The highest BCUT2D eigenvalue weighted by atomic mass is 16.5. The molecule has 6 heteroatoms. The number of methoxy groups -OCH3 is 1. The van der Waals surface area contributed by atoms with Gasteiger partial charge in [-0.3, -0.25) is 0 Å². The summed E-state index contributed by atoms with van der Waals surface area (Å²) in [5.41, 5.74) is -1.24. The van der Waals surface area contributed by atoms with Crippen LogP contribution in [0.4, 0.5) is 4.79 Å². The van der Waals surface area contributed by atoms with Crippen molar-refractivity contribution in [3.63, 3.8) is 0 Å². The van der Waals surface area contributed by atoms with Gasteiger partial charge in [-0.15, -0.1) is 0 Å². The number of hydrogen-bond donors (Lipinski definition) is 1. The maximum atomic E-state index is 12.3. The average molecular weight is 260 g/mol. The number of carboxylic acids is 1. The van der Waals surface area contributed by atoms with E-state index in [2.05, 4.69) is 0 Å². The Hall–Kier alpha value is -1.30. The summed E-state index contributed by atoms with van der Waals surface area (Å²) < 4.78 is 4.96. The largest absolute Gasteiger partial charge is 0.480 e. The molecule has 0 atom stereocenters. The van der Waals surface area contributed by atoms with Crippen LogP contribution >= 0.6 is 0 Å². The molecule has 0 saturated heterocycles. The molecule has 0 aliphatic rings. The van der Waals surface area contributed by atoms with E-state index in [1.807, 2.05) is 13.8 Å². The van der Waals surface area contributed by atoms with Crippen LogP contribution in [0.5, 0.6) is 0 Å². The summed E-state index contributed by atoms with van der Waals surface area (Å²) >= 11 is 0. The molecule has 0 unspecified atom stereocenters. The quantitative estimate of drug-likeness (QED) is 0.780. The summed E-state index contributed by atoms with van der Waals surface area (Å²) in [6, 6.07) is -0.325. The van der Waals surface area contributed by atoms with Gasteiger partial charge in [-0.25, -0.2) is 9.59 Å². The predicted octanol–water partition coefficient (Wildman–Crippen LogP) is 1.26. The Bertz CT molecular complexity index is 302. The average Bonchev–Trinajstić information content (AvgIpc) is 2.27. The highest BCUT2D eigenvalue weighted by molar-refractivity contribution is 5.85. The lowest BCUT2D eigenvalue weighted by molar-refractivity contribution is -0.147. The van der Waals surface area contributed by atoms with E-state index >= 15 is 0 Å². The van der Waals surface area contributed by atoms with Crippen LogP contribution in [0.2, 0.25) is 0 Å². The van der Waals surface area contributed by atoms with Crippen LogP contribution in [0.25, 0.3) is 0 Å². The van der Waals surface area contributed by atoms with E-state index in [4.69, 9.17) is 9.84 Å². The Balaban J connectivity index is 4.92. The van der Waals surface area contributed by atoms with Crippen LogP contribution in [-0.2, 0) is 9.53 Å². The van der Waals surface area contributed by atoms with Crippen molar-refractivity contribution in [2.75, 3.05) is 27.3 Å². The third kappa shape index (κ3) is 3.87. The van der Waals surface area contributed by atoms with E-state index in [-0.39, 0.29) is 12.1 Å². The van der Waals surface area contributed by atoms with E-state index in [0.29, 0.717) is 13.2 Å². The molecule has 0 saturated carbocycles. The zero-order chi connectivity index (χ0) is 14.5. The normalized spacial score (nSPS) is 11.5. The Morgan fingerprint density at radius 1 is 1.33 bits per heavy atom. The molecule has 1 N–H and O–H groups in total. The molecule has 0 rings (SSSR count). The van der Waals surface area contributed by atoms with Crippen molar-refractivity contribution < 1.29 is 19.4 Å². The molecule has 0 aliphatic carbocycles. The van der Waals surface area contributed by atoms with Gasteiger partial charge in [0.2, 0.25) is 0 Å². The molecular formula is C12H24N2O4. The Morgan fingerprint density at radius 2 is 1.83 bits per heavy atom. The summed E-state index contributed by atoms with van der Waals surface area (Å²) in [5, 5.41) is 9.12. The van der Waals surface area contributed by atoms with Crippen LogP contribution in [0.3, 0.4) is 0 Å². The first kappa shape index (κ1) is 16.7. The van der Waals surface area contributed by atoms with Gasteiger partial charge < -0.3 is 19.6 Å². The molecule has 18 heavy (non-hydrogen) atoms. The topological polar surface area (TPSA) is 70.1 Å². The van der Waals surface area contributed by atoms with Gasteiger partial charge in [0.25, 0.3) is 0 Å². The fraction of sp³-hybridized carbons (Fsp3) is 0.833. The van der Waals surface area contributed by atoms with Crippen LogP contribution in [0.15, 0.2) is 0 Å². The van der Waals surface area contributed by atoms with Gasteiger partial charge in [0.15, 0.2) is 0 Å². The van der Waals surface area contributed by atoms with Crippen LogP contribution in [-0.4, -0.2) is 65.8 Å². The molecule has 0 aromatic carbocycles. The maximum absolute atomic E-state index is 12.3. The van der Waals surface area contributed by atoms with E-state index in [1.54, 1.807) is 12.0 Å². The first-order chi connectivity index (χ1) is 8.16. The molecule has 6 nitrogen and oxygen atoms in total. The first-order valence-electron chi connectivity index (χ1n) is 5.93. The molecular weight excluding hydrogens is 236 g/mol. The summed E-state index contributed by atoms with van der Waals surface area (Å²) in [4.78, 5) is 26.2. The van der Waals surface area contributed by atoms with Gasteiger partial charge in [0, 0.05) is 26.7 Å². The number of nitrogens with zero attached hydrogens (tertiary/aromatic N) is 2. The number of hydrogen-bond acceptors (Lipinski definition) is 3. The van der Waals surface area contributed by atoms with Crippen molar-refractivity contribution in [1.29, 1.82) is 0 Å². The minimum Gasteiger partial charge on any atom is -0.480 e. The summed E-state index contributed by atoms with van der Waals surface area (Å²) in [5.74, 6) is -1.03. The van der Waals surface area contributed by atoms with E-state index in [0.717, 1.165) is 0 Å². The molecule has 0 heterocycles. The second kappa shape index (κ2) is 6.58. The maximum Gasteiger partial charge on any atom is 0.329 e. The molecule has 0 fully saturated rings. The van der Waals surface area contributed by atoms with Gasteiger partial charge >= 0.3 is 12.0 Å². The third-order valence-corrected chi connectivity index (χ3v) is 3.05. The number of carboxylic acid groups (broad SMARTS) is 1. The third-order valence-electron chi connectivity index (χ3n) is 3.05. The molecule has 2 amide bonds. The van der Waals surface area contributed by atoms with Crippen LogP contribution in [0, 0.1) is 0 Å². The Labute approximate surface area is 109 Å². The number of urea groups is 1. The lowest BCUT2D eigenvalue weighted by atomic mass is 10.0. The van der Waals surface area contributed by atoms with Gasteiger partial charge in [-0.1, -0.05) is 0 Å². The summed E-state index contributed by atoms with van der Waals surface area (Å²) in [6.45, 7) is 7.63. The number of likely N-dealkylation sites (N-methyl/N-ethyl adjacent to an activating group) is 1. The Kier molecular flexibility index (Phi) is 6.11. The number of carbonyl (C=O) groups is 2. The standard InChI is InChI=1S/C12H24N2O4/c1-9(2)14(7-8-18-6)11(17)13(5)12(3,4)10(15)16/h9H,7-8H2,1-6H3,(H,15,16).